The molecule has 108 valence electrons. The van der Waals surface area contributed by atoms with E-state index in [1.165, 1.54) is 38.3 Å². The average Bonchev–Trinajstić information content (AvgIpc) is 2.90. The van der Waals surface area contributed by atoms with Crippen molar-refractivity contribution in [3.8, 4) is 5.75 Å². The number of ether oxygens (including phenoxy) is 1. The third-order valence-corrected chi connectivity index (χ3v) is 4.44. The highest BCUT2D eigenvalue weighted by molar-refractivity contribution is 5.50. The lowest BCUT2D eigenvalue weighted by Gasteiger charge is -2.30. The molecule has 2 aromatic heterocycles. The summed E-state index contributed by atoms with van der Waals surface area (Å²) in [6.45, 7) is 5.89. The summed E-state index contributed by atoms with van der Waals surface area (Å²) in [6.07, 6.45) is 7.67. The molecule has 1 saturated heterocycles. The second kappa shape index (κ2) is 5.83. The number of pyridine rings is 1. The number of methoxy groups -OCH3 is 1. The van der Waals surface area contributed by atoms with E-state index in [4.69, 9.17) is 4.74 Å². The van der Waals surface area contributed by atoms with Gasteiger partial charge in [0.25, 0.3) is 0 Å². The Kier molecular flexibility index (Phi) is 3.92. The fraction of sp³-hybridized carbons (Fsp3) is 0.562. The molecule has 0 spiro atoms. The number of aromatic nitrogens is 2. The van der Waals surface area contributed by atoms with Crippen molar-refractivity contribution in [2.45, 2.75) is 26.2 Å². The molecule has 0 N–H and O–H groups in total. The Morgan fingerprint density at radius 3 is 2.85 bits per heavy atom. The SMILES string of the molecule is CCN1CCC(Cc2ncc3cc(OC)ccn23)CC1. The van der Waals surface area contributed by atoms with Crippen molar-refractivity contribution in [1.82, 2.24) is 14.3 Å². The predicted molar refractivity (Wildman–Crippen MR) is 80.3 cm³/mol. The quantitative estimate of drug-likeness (QED) is 0.857. The van der Waals surface area contributed by atoms with Gasteiger partial charge in [-0.15, -0.1) is 0 Å². The maximum Gasteiger partial charge on any atom is 0.122 e. The van der Waals surface area contributed by atoms with E-state index in [0.29, 0.717) is 0 Å². The molecule has 0 unspecified atom stereocenters. The van der Waals surface area contributed by atoms with Crippen LogP contribution in [-0.2, 0) is 6.42 Å². The molecule has 0 bridgehead atoms. The molecule has 0 aromatic carbocycles. The Labute approximate surface area is 120 Å². The molecule has 4 heteroatoms. The van der Waals surface area contributed by atoms with Crippen LogP contribution >= 0.6 is 0 Å². The summed E-state index contributed by atoms with van der Waals surface area (Å²) < 4.78 is 7.45. The first-order chi connectivity index (χ1) is 9.80. The average molecular weight is 273 g/mol. The van der Waals surface area contributed by atoms with E-state index in [1.54, 1.807) is 7.11 Å². The van der Waals surface area contributed by atoms with Gasteiger partial charge in [-0.2, -0.15) is 0 Å². The van der Waals surface area contributed by atoms with E-state index in [-0.39, 0.29) is 0 Å². The summed E-state index contributed by atoms with van der Waals surface area (Å²) in [5.74, 6) is 2.84. The molecule has 0 amide bonds. The van der Waals surface area contributed by atoms with E-state index in [1.807, 2.05) is 18.3 Å². The number of nitrogens with zero attached hydrogens (tertiary/aromatic N) is 3. The zero-order valence-corrected chi connectivity index (χ0v) is 12.4. The van der Waals surface area contributed by atoms with Gasteiger partial charge in [0.05, 0.1) is 18.8 Å². The Morgan fingerprint density at radius 1 is 1.35 bits per heavy atom. The minimum atomic E-state index is 0.769. The fourth-order valence-electron chi connectivity index (χ4n) is 3.08. The van der Waals surface area contributed by atoms with Gasteiger partial charge >= 0.3 is 0 Å². The molecule has 0 atom stereocenters. The third-order valence-electron chi connectivity index (χ3n) is 4.44. The maximum atomic E-state index is 5.26. The minimum Gasteiger partial charge on any atom is -0.497 e. The standard InChI is InChI=1S/C16H23N3O/c1-3-18-7-4-13(5-8-18)10-16-17-12-14-11-15(20-2)6-9-19(14)16/h6,9,11-13H,3-5,7-8,10H2,1-2H3. The summed E-state index contributed by atoms with van der Waals surface area (Å²) in [6, 6.07) is 4.04. The Hall–Kier alpha value is -1.55. The Morgan fingerprint density at radius 2 is 2.15 bits per heavy atom. The van der Waals surface area contributed by atoms with Gasteiger partial charge in [-0.05, 0) is 44.5 Å². The van der Waals surface area contributed by atoms with Gasteiger partial charge in [0.1, 0.15) is 11.6 Å². The minimum absolute atomic E-state index is 0.769. The molecule has 3 heterocycles. The van der Waals surface area contributed by atoms with Crippen LogP contribution in [-0.4, -0.2) is 41.0 Å². The molecule has 3 rings (SSSR count). The van der Waals surface area contributed by atoms with E-state index in [0.717, 1.165) is 23.6 Å². The molecule has 0 aliphatic carbocycles. The third kappa shape index (κ3) is 2.66. The highest BCUT2D eigenvalue weighted by Gasteiger charge is 2.20. The van der Waals surface area contributed by atoms with Gasteiger partial charge in [-0.1, -0.05) is 6.92 Å². The van der Waals surface area contributed by atoms with Gasteiger partial charge in [0, 0.05) is 18.7 Å². The molecular weight excluding hydrogens is 250 g/mol. The largest absolute Gasteiger partial charge is 0.497 e. The molecular formula is C16H23N3O. The number of hydrogen-bond acceptors (Lipinski definition) is 3. The number of hydrogen-bond donors (Lipinski definition) is 0. The van der Waals surface area contributed by atoms with Crippen LogP contribution in [0.15, 0.2) is 24.5 Å². The molecule has 0 radical (unpaired) electrons. The summed E-state index contributed by atoms with van der Waals surface area (Å²) in [4.78, 5) is 7.13. The smallest absolute Gasteiger partial charge is 0.122 e. The Bertz CT molecular complexity index is 570. The van der Waals surface area contributed by atoms with Crippen LogP contribution in [0.2, 0.25) is 0 Å². The first-order valence-electron chi connectivity index (χ1n) is 7.52. The second-order valence-corrected chi connectivity index (χ2v) is 5.62. The summed E-state index contributed by atoms with van der Waals surface area (Å²) in [5, 5.41) is 0. The van der Waals surface area contributed by atoms with Crippen LogP contribution in [0.1, 0.15) is 25.6 Å². The van der Waals surface area contributed by atoms with Crippen LogP contribution in [0.25, 0.3) is 5.52 Å². The Balaban J connectivity index is 1.72. The lowest BCUT2D eigenvalue weighted by Crippen LogP contribution is -2.34. The highest BCUT2D eigenvalue weighted by atomic mass is 16.5. The highest BCUT2D eigenvalue weighted by Crippen LogP contribution is 2.22. The zero-order chi connectivity index (χ0) is 13.9. The van der Waals surface area contributed by atoms with Crippen molar-refractivity contribution in [2.24, 2.45) is 5.92 Å². The van der Waals surface area contributed by atoms with E-state index >= 15 is 0 Å². The van der Waals surface area contributed by atoms with Crippen LogP contribution in [0, 0.1) is 5.92 Å². The molecule has 2 aromatic rings. The van der Waals surface area contributed by atoms with Crippen molar-refractivity contribution < 1.29 is 4.74 Å². The van der Waals surface area contributed by atoms with Crippen LogP contribution in [0.3, 0.4) is 0 Å². The fourth-order valence-corrected chi connectivity index (χ4v) is 3.08. The van der Waals surface area contributed by atoms with Crippen molar-refractivity contribution in [3.05, 3.63) is 30.4 Å². The summed E-state index contributed by atoms with van der Waals surface area (Å²) in [7, 11) is 1.70. The first-order valence-corrected chi connectivity index (χ1v) is 7.52. The van der Waals surface area contributed by atoms with Crippen molar-refractivity contribution in [1.29, 1.82) is 0 Å². The predicted octanol–water partition coefficient (Wildman–Crippen LogP) is 2.62. The number of rotatable bonds is 4. The van der Waals surface area contributed by atoms with Crippen LogP contribution in [0.4, 0.5) is 0 Å². The molecule has 1 aliphatic rings. The van der Waals surface area contributed by atoms with Crippen molar-refractivity contribution in [3.63, 3.8) is 0 Å². The molecule has 1 fully saturated rings. The molecule has 4 nitrogen and oxygen atoms in total. The second-order valence-electron chi connectivity index (χ2n) is 5.62. The van der Waals surface area contributed by atoms with Gasteiger partial charge < -0.3 is 14.0 Å². The number of piperidine rings is 1. The van der Waals surface area contributed by atoms with E-state index in [9.17, 15) is 0 Å². The summed E-state index contributed by atoms with van der Waals surface area (Å²) in [5.41, 5.74) is 1.12. The van der Waals surface area contributed by atoms with Gasteiger partial charge in [0.15, 0.2) is 0 Å². The number of fused-ring (bicyclic) bond motifs is 1. The molecule has 0 saturated carbocycles. The number of imidazole rings is 1. The normalized spacial score (nSPS) is 17.7. The van der Waals surface area contributed by atoms with Crippen LogP contribution < -0.4 is 4.74 Å². The monoisotopic (exact) mass is 273 g/mol. The topological polar surface area (TPSA) is 29.8 Å². The van der Waals surface area contributed by atoms with Crippen molar-refractivity contribution in [2.75, 3.05) is 26.7 Å². The molecule has 1 aliphatic heterocycles. The van der Waals surface area contributed by atoms with E-state index < -0.39 is 0 Å². The van der Waals surface area contributed by atoms with Gasteiger partial charge in [-0.3, -0.25) is 0 Å². The van der Waals surface area contributed by atoms with Gasteiger partial charge in [0.2, 0.25) is 0 Å². The van der Waals surface area contributed by atoms with Crippen molar-refractivity contribution >= 4 is 5.52 Å². The van der Waals surface area contributed by atoms with Gasteiger partial charge in [-0.25, -0.2) is 4.98 Å². The summed E-state index contributed by atoms with van der Waals surface area (Å²) >= 11 is 0. The lowest BCUT2D eigenvalue weighted by molar-refractivity contribution is 0.191. The van der Waals surface area contributed by atoms with Crippen LogP contribution in [0.5, 0.6) is 5.75 Å². The van der Waals surface area contributed by atoms with E-state index in [2.05, 4.69) is 27.4 Å². The maximum absolute atomic E-state index is 5.26. The first kappa shape index (κ1) is 13.4. The lowest BCUT2D eigenvalue weighted by atomic mass is 9.93. The molecule has 20 heavy (non-hydrogen) atoms. The zero-order valence-electron chi connectivity index (χ0n) is 12.4. The number of likely N-dealkylation sites (tertiary alicyclic amines) is 1.